The SMILES string of the molecule is Cc1ccc(CC(=O)N2CCN(C(=O)NCc3cccc(NC(=O)C4CCC4)c3)CC2)cc1. The minimum absolute atomic E-state index is 0.0808. The number of benzene rings is 2. The fourth-order valence-electron chi connectivity index (χ4n) is 4.11. The lowest BCUT2D eigenvalue weighted by Gasteiger charge is -2.34. The fraction of sp³-hybridized carbons (Fsp3) is 0.423. The third-order valence-corrected chi connectivity index (χ3v) is 6.51. The minimum Gasteiger partial charge on any atom is -0.339 e. The van der Waals surface area contributed by atoms with Crippen molar-refractivity contribution in [3.05, 3.63) is 65.2 Å². The lowest BCUT2D eigenvalue weighted by Crippen LogP contribution is -2.53. The number of hydrogen-bond donors (Lipinski definition) is 2. The predicted molar refractivity (Wildman–Crippen MR) is 128 cm³/mol. The highest BCUT2D eigenvalue weighted by atomic mass is 16.2. The number of urea groups is 1. The van der Waals surface area contributed by atoms with E-state index in [4.69, 9.17) is 0 Å². The predicted octanol–water partition coefficient (Wildman–Crippen LogP) is 3.33. The van der Waals surface area contributed by atoms with Crippen LogP contribution < -0.4 is 10.6 Å². The van der Waals surface area contributed by atoms with Crippen LogP contribution in [0.4, 0.5) is 10.5 Å². The summed E-state index contributed by atoms with van der Waals surface area (Å²) in [7, 11) is 0. The summed E-state index contributed by atoms with van der Waals surface area (Å²) in [4.78, 5) is 40.9. The van der Waals surface area contributed by atoms with Gasteiger partial charge in [0, 0.05) is 44.3 Å². The molecule has 2 aromatic carbocycles. The second kappa shape index (κ2) is 10.5. The molecule has 7 nitrogen and oxygen atoms in total. The molecule has 1 aliphatic carbocycles. The van der Waals surface area contributed by atoms with Crippen LogP contribution >= 0.6 is 0 Å². The van der Waals surface area contributed by atoms with E-state index >= 15 is 0 Å². The first-order chi connectivity index (χ1) is 16.0. The highest BCUT2D eigenvalue weighted by Gasteiger charge is 2.25. The van der Waals surface area contributed by atoms with Gasteiger partial charge in [0.25, 0.3) is 0 Å². The van der Waals surface area contributed by atoms with Gasteiger partial charge >= 0.3 is 6.03 Å². The number of carbonyl (C=O) groups is 3. The highest BCUT2D eigenvalue weighted by Crippen LogP contribution is 2.27. The van der Waals surface area contributed by atoms with Crippen LogP contribution in [-0.2, 0) is 22.6 Å². The molecule has 2 aromatic rings. The molecule has 0 atom stereocenters. The van der Waals surface area contributed by atoms with Crippen LogP contribution in [0.5, 0.6) is 0 Å². The molecule has 1 saturated carbocycles. The van der Waals surface area contributed by atoms with Gasteiger partial charge in [0.15, 0.2) is 0 Å². The molecular weight excluding hydrogens is 416 g/mol. The molecule has 2 fully saturated rings. The van der Waals surface area contributed by atoms with Crippen molar-refractivity contribution in [2.75, 3.05) is 31.5 Å². The molecule has 0 bridgehead atoms. The average Bonchev–Trinajstić information content (AvgIpc) is 2.78. The third kappa shape index (κ3) is 6.12. The summed E-state index contributed by atoms with van der Waals surface area (Å²) >= 11 is 0. The van der Waals surface area contributed by atoms with Gasteiger partial charge in [-0.1, -0.05) is 48.4 Å². The standard InChI is InChI=1S/C26H32N4O3/c1-19-8-10-20(11-9-19)17-24(31)29-12-14-30(15-13-29)26(33)27-18-21-4-2-7-23(16-21)28-25(32)22-5-3-6-22/h2,4,7-11,16,22H,3,5-6,12-15,17-18H2,1H3,(H,27,33)(H,28,32). The maximum Gasteiger partial charge on any atom is 0.317 e. The summed E-state index contributed by atoms with van der Waals surface area (Å²) in [5.41, 5.74) is 3.88. The molecule has 1 saturated heterocycles. The maximum atomic E-state index is 12.6. The van der Waals surface area contributed by atoms with Gasteiger partial charge in [-0.25, -0.2) is 4.79 Å². The van der Waals surface area contributed by atoms with E-state index in [9.17, 15) is 14.4 Å². The lowest BCUT2D eigenvalue weighted by atomic mass is 9.85. The zero-order valence-electron chi connectivity index (χ0n) is 19.2. The van der Waals surface area contributed by atoms with Crippen molar-refractivity contribution in [1.29, 1.82) is 0 Å². The van der Waals surface area contributed by atoms with Crippen LogP contribution in [-0.4, -0.2) is 53.8 Å². The van der Waals surface area contributed by atoms with Crippen LogP contribution in [0.3, 0.4) is 0 Å². The number of rotatable bonds is 6. The number of nitrogens with zero attached hydrogens (tertiary/aromatic N) is 2. The van der Waals surface area contributed by atoms with Crippen molar-refractivity contribution in [3.63, 3.8) is 0 Å². The van der Waals surface area contributed by atoms with E-state index in [0.717, 1.165) is 36.1 Å². The van der Waals surface area contributed by atoms with E-state index in [1.807, 2.05) is 60.4 Å². The van der Waals surface area contributed by atoms with Gasteiger partial charge in [-0.05, 0) is 43.0 Å². The summed E-state index contributed by atoms with van der Waals surface area (Å²) in [5, 5.41) is 5.93. The Kier molecular flexibility index (Phi) is 7.27. The van der Waals surface area contributed by atoms with Gasteiger partial charge in [-0.3, -0.25) is 9.59 Å². The van der Waals surface area contributed by atoms with Crippen LogP contribution in [0.25, 0.3) is 0 Å². The maximum absolute atomic E-state index is 12.6. The number of hydrogen-bond acceptors (Lipinski definition) is 3. The molecule has 7 heteroatoms. The third-order valence-electron chi connectivity index (χ3n) is 6.51. The molecule has 1 aliphatic heterocycles. The molecule has 1 heterocycles. The van der Waals surface area contributed by atoms with Crippen molar-refractivity contribution >= 4 is 23.5 Å². The first-order valence-electron chi connectivity index (χ1n) is 11.7. The summed E-state index contributed by atoms with van der Waals surface area (Å²) < 4.78 is 0. The molecule has 174 valence electrons. The Morgan fingerprint density at radius 3 is 2.27 bits per heavy atom. The van der Waals surface area contributed by atoms with Crippen LogP contribution in [0, 0.1) is 12.8 Å². The Morgan fingerprint density at radius 1 is 0.909 bits per heavy atom. The second-order valence-corrected chi connectivity index (χ2v) is 9.01. The zero-order chi connectivity index (χ0) is 23.2. The van der Waals surface area contributed by atoms with Crippen molar-refractivity contribution in [3.8, 4) is 0 Å². The van der Waals surface area contributed by atoms with Gasteiger partial charge < -0.3 is 20.4 Å². The van der Waals surface area contributed by atoms with Gasteiger partial charge in [0.2, 0.25) is 11.8 Å². The van der Waals surface area contributed by atoms with Crippen molar-refractivity contribution in [1.82, 2.24) is 15.1 Å². The van der Waals surface area contributed by atoms with E-state index < -0.39 is 0 Å². The van der Waals surface area contributed by atoms with E-state index in [-0.39, 0.29) is 23.8 Å². The summed E-state index contributed by atoms with van der Waals surface area (Å²) in [6.07, 6.45) is 3.44. The zero-order valence-corrected chi connectivity index (χ0v) is 19.2. The minimum atomic E-state index is -0.135. The highest BCUT2D eigenvalue weighted by molar-refractivity contribution is 5.93. The summed E-state index contributed by atoms with van der Waals surface area (Å²) in [6.45, 7) is 4.53. The number of aryl methyl sites for hydroxylation is 1. The molecule has 0 unspecified atom stereocenters. The quantitative estimate of drug-likeness (QED) is 0.711. The smallest absolute Gasteiger partial charge is 0.317 e. The van der Waals surface area contributed by atoms with Crippen molar-refractivity contribution < 1.29 is 14.4 Å². The Bertz CT molecular complexity index is 993. The number of carbonyl (C=O) groups excluding carboxylic acids is 3. The molecule has 4 amide bonds. The Hall–Kier alpha value is -3.35. The van der Waals surface area contributed by atoms with E-state index in [1.165, 1.54) is 5.56 Å². The van der Waals surface area contributed by atoms with E-state index in [1.54, 1.807) is 4.90 Å². The van der Waals surface area contributed by atoms with Gasteiger partial charge in [-0.2, -0.15) is 0 Å². The Labute approximate surface area is 195 Å². The second-order valence-electron chi connectivity index (χ2n) is 9.01. The largest absolute Gasteiger partial charge is 0.339 e. The number of amides is 4. The number of piperazine rings is 1. The van der Waals surface area contributed by atoms with Crippen LogP contribution in [0.2, 0.25) is 0 Å². The molecule has 2 N–H and O–H groups in total. The van der Waals surface area contributed by atoms with Crippen LogP contribution in [0.1, 0.15) is 36.0 Å². The van der Waals surface area contributed by atoms with E-state index in [2.05, 4.69) is 10.6 Å². The molecule has 0 aromatic heterocycles. The van der Waals surface area contributed by atoms with Gasteiger partial charge in [-0.15, -0.1) is 0 Å². The first kappa shape index (κ1) is 22.8. The monoisotopic (exact) mass is 448 g/mol. The fourth-order valence-corrected chi connectivity index (χ4v) is 4.11. The number of nitrogens with one attached hydrogen (secondary N) is 2. The van der Waals surface area contributed by atoms with E-state index in [0.29, 0.717) is 39.1 Å². The summed E-state index contributed by atoms with van der Waals surface area (Å²) in [5.74, 6) is 0.313. The average molecular weight is 449 g/mol. The Balaban J connectivity index is 1.21. The molecule has 4 rings (SSSR count). The van der Waals surface area contributed by atoms with Crippen molar-refractivity contribution in [2.45, 2.75) is 39.2 Å². The molecule has 0 spiro atoms. The number of anilines is 1. The lowest BCUT2D eigenvalue weighted by molar-refractivity contribution is -0.131. The molecule has 2 aliphatic rings. The molecule has 33 heavy (non-hydrogen) atoms. The molecular formula is C26H32N4O3. The first-order valence-corrected chi connectivity index (χ1v) is 11.7. The van der Waals surface area contributed by atoms with Crippen LogP contribution in [0.15, 0.2) is 48.5 Å². The van der Waals surface area contributed by atoms with Crippen molar-refractivity contribution in [2.24, 2.45) is 5.92 Å². The molecule has 0 radical (unpaired) electrons. The Morgan fingerprint density at radius 2 is 1.61 bits per heavy atom. The topological polar surface area (TPSA) is 81.8 Å². The normalized spacial score (nSPS) is 16.2. The summed E-state index contributed by atoms with van der Waals surface area (Å²) in [6, 6.07) is 15.5. The van der Waals surface area contributed by atoms with Gasteiger partial charge in [0.1, 0.15) is 0 Å². The van der Waals surface area contributed by atoms with Gasteiger partial charge in [0.05, 0.1) is 6.42 Å².